The summed E-state index contributed by atoms with van der Waals surface area (Å²) >= 11 is 5.98. The first-order valence-electron chi connectivity index (χ1n) is 6.56. The minimum absolute atomic E-state index is 0.134. The highest BCUT2D eigenvalue weighted by atomic mass is 35.5. The minimum Gasteiger partial charge on any atom is -0.312 e. The van der Waals surface area contributed by atoms with Crippen LogP contribution in [0, 0.1) is 12.8 Å². The lowest BCUT2D eigenvalue weighted by atomic mass is 10.1. The highest BCUT2D eigenvalue weighted by Gasteiger charge is 2.29. The summed E-state index contributed by atoms with van der Waals surface area (Å²) in [7, 11) is -0.994. The predicted octanol–water partition coefficient (Wildman–Crippen LogP) is 1.25. The van der Waals surface area contributed by atoms with Gasteiger partial charge in [0.25, 0.3) is 0 Å². The average molecular weight is 317 g/mol. The van der Waals surface area contributed by atoms with Crippen LogP contribution < -0.4 is 0 Å². The van der Waals surface area contributed by atoms with Gasteiger partial charge in [0.2, 0.25) is 0 Å². The summed E-state index contributed by atoms with van der Waals surface area (Å²) in [4.78, 5) is 4.53. The molecule has 1 unspecified atom stereocenters. The Balaban J connectivity index is 2.02. The molecule has 3 heterocycles. The van der Waals surface area contributed by atoms with Crippen LogP contribution in [0.3, 0.4) is 0 Å². The molecular formula is C12H17ClN4O2S. The summed E-state index contributed by atoms with van der Waals surface area (Å²) in [6.45, 7) is 2.55. The van der Waals surface area contributed by atoms with Crippen molar-refractivity contribution in [2.24, 2.45) is 13.0 Å². The first-order valence-corrected chi connectivity index (χ1v) is 8.92. The van der Waals surface area contributed by atoms with E-state index in [-0.39, 0.29) is 17.4 Å². The van der Waals surface area contributed by atoms with Gasteiger partial charge in [-0.1, -0.05) is 0 Å². The van der Waals surface area contributed by atoms with Crippen LogP contribution in [0.15, 0.2) is 0 Å². The summed E-state index contributed by atoms with van der Waals surface area (Å²) in [5.41, 5.74) is 2.64. The third kappa shape index (κ3) is 2.22. The Bertz CT molecular complexity index is 762. The Kier molecular flexibility index (Phi) is 3.29. The first kappa shape index (κ1) is 13.9. The lowest BCUT2D eigenvalue weighted by molar-refractivity contribution is 0.484. The number of halogens is 1. The number of nitrogens with zero attached hydrogens (tertiary/aromatic N) is 4. The zero-order chi connectivity index (χ0) is 14.5. The van der Waals surface area contributed by atoms with Crippen LogP contribution in [-0.2, 0) is 29.3 Å². The second kappa shape index (κ2) is 4.73. The van der Waals surface area contributed by atoms with Crippen molar-refractivity contribution in [3.63, 3.8) is 0 Å². The van der Waals surface area contributed by atoms with Crippen molar-refractivity contribution in [3.05, 3.63) is 11.5 Å². The maximum atomic E-state index is 11.6. The molecule has 6 nitrogen and oxygen atoms in total. The van der Waals surface area contributed by atoms with Gasteiger partial charge in [-0.25, -0.2) is 13.4 Å². The summed E-state index contributed by atoms with van der Waals surface area (Å²) in [5, 5.41) is 4.36. The predicted molar refractivity (Wildman–Crippen MR) is 77.6 cm³/mol. The standard InChI is InChI=1S/C12H17ClN4O2S/c1-8-11-12(16(2)15-8)17(10(5-13)14-11)6-9-3-4-20(18,19)7-9/h9H,3-7H2,1-2H3. The van der Waals surface area contributed by atoms with Crippen LogP contribution in [0.2, 0.25) is 0 Å². The average Bonchev–Trinajstić information content (AvgIpc) is 2.97. The molecule has 0 bridgehead atoms. The fourth-order valence-electron chi connectivity index (χ4n) is 2.95. The molecule has 0 radical (unpaired) electrons. The highest BCUT2D eigenvalue weighted by Crippen LogP contribution is 2.25. The van der Waals surface area contributed by atoms with Crippen LogP contribution in [-0.4, -0.2) is 39.3 Å². The van der Waals surface area contributed by atoms with Gasteiger partial charge >= 0.3 is 0 Å². The molecule has 0 N–H and O–H groups in total. The lowest BCUT2D eigenvalue weighted by Crippen LogP contribution is -2.15. The number of aromatic nitrogens is 4. The molecule has 1 aliphatic heterocycles. The van der Waals surface area contributed by atoms with Crippen molar-refractivity contribution in [2.75, 3.05) is 11.5 Å². The van der Waals surface area contributed by atoms with Gasteiger partial charge in [-0.3, -0.25) is 4.68 Å². The first-order chi connectivity index (χ1) is 9.41. The third-order valence-electron chi connectivity index (χ3n) is 3.86. The number of rotatable bonds is 3. The van der Waals surface area contributed by atoms with Gasteiger partial charge in [-0.05, 0) is 19.3 Å². The number of aryl methyl sites for hydroxylation is 2. The molecule has 0 spiro atoms. The molecule has 0 amide bonds. The fourth-order valence-corrected chi connectivity index (χ4v) is 5.00. The van der Waals surface area contributed by atoms with E-state index in [0.717, 1.165) is 22.7 Å². The summed E-state index contributed by atoms with van der Waals surface area (Å²) in [6, 6.07) is 0. The zero-order valence-electron chi connectivity index (χ0n) is 11.5. The van der Waals surface area contributed by atoms with E-state index in [0.29, 0.717) is 18.8 Å². The van der Waals surface area contributed by atoms with E-state index >= 15 is 0 Å². The molecule has 3 rings (SSSR count). The maximum Gasteiger partial charge on any atom is 0.158 e. The highest BCUT2D eigenvalue weighted by molar-refractivity contribution is 7.91. The second-order valence-electron chi connectivity index (χ2n) is 5.42. The molecule has 0 aromatic carbocycles. The molecule has 1 atom stereocenters. The zero-order valence-corrected chi connectivity index (χ0v) is 13.1. The summed E-state index contributed by atoms with van der Waals surface area (Å²) in [5.74, 6) is 1.77. The van der Waals surface area contributed by atoms with E-state index in [2.05, 4.69) is 10.1 Å². The van der Waals surface area contributed by atoms with Crippen molar-refractivity contribution in [2.45, 2.75) is 25.8 Å². The normalized spacial score (nSPS) is 21.9. The van der Waals surface area contributed by atoms with Crippen molar-refractivity contribution in [1.29, 1.82) is 0 Å². The number of alkyl halides is 1. The smallest absolute Gasteiger partial charge is 0.158 e. The molecular weight excluding hydrogens is 300 g/mol. The number of imidazole rings is 1. The SMILES string of the molecule is Cc1nn(C)c2c1nc(CCl)n2CC1CCS(=O)(=O)C1. The number of hydrogen-bond donors (Lipinski definition) is 0. The number of sulfone groups is 1. The van der Waals surface area contributed by atoms with E-state index in [1.165, 1.54) is 0 Å². The summed E-state index contributed by atoms with van der Waals surface area (Å²) in [6.07, 6.45) is 0.709. The Hall–Kier alpha value is -1.08. The monoisotopic (exact) mass is 316 g/mol. The maximum absolute atomic E-state index is 11.6. The third-order valence-corrected chi connectivity index (χ3v) is 5.93. The molecule has 20 heavy (non-hydrogen) atoms. The summed E-state index contributed by atoms with van der Waals surface area (Å²) < 4.78 is 27.0. The van der Waals surface area contributed by atoms with Crippen LogP contribution in [0.4, 0.5) is 0 Å². The van der Waals surface area contributed by atoms with Gasteiger partial charge in [-0.2, -0.15) is 5.10 Å². The van der Waals surface area contributed by atoms with Crippen molar-refractivity contribution >= 4 is 32.6 Å². The van der Waals surface area contributed by atoms with Gasteiger partial charge in [0.15, 0.2) is 15.5 Å². The molecule has 0 saturated carbocycles. The molecule has 1 saturated heterocycles. The van der Waals surface area contributed by atoms with Crippen LogP contribution in [0.25, 0.3) is 11.2 Å². The van der Waals surface area contributed by atoms with Crippen molar-refractivity contribution in [3.8, 4) is 0 Å². The van der Waals surface area contributed by atoms with Crippen molar-refractivity contribution < 1.29 is 8.42 Å². The number of hydrogen-bond acceptors (Lipinski definition) is 4. The number of fused-ring (bicyclic) bond motifs is 1. The Morgan fingerprint density at radius 2 is 2.20 bits per heavy atom. The molecule has 2 aromatic heterocycles. The molecule has 8 heteroatoms. The van der Waals surface area contributed by atoms with Crippen LogP contribution >= 0.6 is 11.6 Å². The van der Waals surface area contributed by atoms with Crippen LogP contribution in [0.5, 0.6) is 0 Å². The second-order valence-corrected chi connectivity index (χ2v) is 7.92. The molecule has 0 aliphatic carbocycles. The van der Waals surface area contributed by atoms with Gasteiger partial charge in [-0.15, -0.1) is 11.6 Å². The Morgan fingerprint density at radius 3 is 2.80 bits per heavy atom. The molecule has 110 valence electrons. The quantitative estimate of drug-likeness (QED) is 0.799. The van der Waals surface area contributed by atoms with Gasteiger partial charge in [0, 0.05) is 13.6 Å². The minimum atomic E-state index is -2.87. The van der Waals surface area contributed by atoms with E-state index in [1.807, 2.05) is 18.5 Å². The molecule has 2 aromatic rings. The lowest BCUT2D eigenvalue weighted by Gasteiger charge is -2.12. The van der Waals surface area contributed by atoms with Gasteiger partial charge in [0.05, 0.1) is 23.1 Å². The van der Waals surface area contributed by atoms with E-state index in [9.17, 15) is 8.42 Å². The fraction of sp³-hybridized carbons (Fsp3) is 0.667. The van der Waals surface area contributed by atoms with Crippen LogP contribution in [0.1, 0.15) is 17.9 Å². The Morgan fingerprint density at radius 1 is 1.45 bits per heavy atom. The van der Waals surface area contributed by atoms with E-state index in [1.54, 1.807) is 4.68 Å². The Labute approximate surface area is 122 Å². The van der Waals surface area contributed by atoms with E-state index < -0.39 is 9.84 Å². The molecule has 1 aliphatic rings. The van der Waals surface area contributed by atoms with Crippen molar-refractivity contribution in [1.82, 2.24) is 19.3 Å². The van der Waals surface area contributed by atoms with Gasteiger partial charge in [0.1, 0.15) is 11.3 Å². The largest absolute Gasteiger partial charge is 0.312 e. The van der Waals surface area contributed by atoms with E-state index in [4.69, 9.17) is 11.6 Å². The van der Waals surface area contributed by atoms with Gasteiger partial charge < -0.3 is 4.57 Å². The topological polar surface area (TPSA) is 69.8 Å². The molecule has 1 fully saturated rings.